The van der Waals surface area contributed by atoms with Gasteiger partial charge in [-0.1, -0.05) is 19.4 Å². The molecule has 0 saturated heterocycles. The number of allylic oxidation sites excluding steroid dienone is 2. The van der Waals surface area contributed by atoms with Crippen LogP contribution >= 0.6 is 0 Å². The molecule has 1 unspecified atom stereocenters. The zero-order chi connectivity index (χ0) is 6.69. The molecule has 9 heavy (non-hydrogen) atoms. The maximum absolute atomic E-state index is 5.61. The first-order chi connectivity index (χ1) is 4.33. The lowest BCUT2D eigenvalue weighted by Gasteiger charge is -2.18. The smallest absolute Gasteiger partial charge is 0.107 e. The topological polar surface area (TPSA) is 0 Å². The summed E-state index contributed by atoms with van der Waals surface area (Å²) in [5.41, 5.74) is 1.10. The fourth-order valence-electron chi connectivity index (χ4n) is 1.28. The van der Waals surface area contributed by atoms with Crippen LogP contribution in [0.4, 0.5) is 0 Å². The summed E-state index contributed by atoms with van der Waals surface area (Å²) in [7, 11) is 5.61. The maximum atomic E-state index is 5.61. The van der Waals surface area contributed by atoms with Gasteiger partial charge >= 0.3 is 0 Å². The Morgan fingerprint density at radius 3 is 3.00 bits per heavy atom. The lowest BCUT2D eigenvalue weighted by atomic mass is 9.80. The van der Waals surface area contributed by atoms with Crippen LogP contribution in [0, 0.1) is 5.92 Å². The Labute approximate surface area is 58.8 Å². The molecule has 0 heterocycles. The van der Waals surface area contributed by atoms with Crippen molar-refractivity contribution in [2.75, 3.05) is 0 Å². The molecule has 1 heteroatoms. The summed E-state index contributed by atoms with van der Waals surface area (Å²) in [5, 5.41) is 0. The zero-order valence-corrected chi connectivity index (χ0v) is 6.06. The molecule has 0 fully saturated rings. The van der Waals surface area contributed by atoms with Crippen LogP contribution in [0.2, 0.25) is 0 Å². The summed E-state index contributed by atoms with van der Waals surface area (Å²) in [6.45, 7) is 2.25. The fourth-order valence-corrected chi connectivity index (χ4v) is 1.28. The molecular formula is C8H13B. The Kier molecular flexibility index (Phi) is 2.38. The Hall–Kier alpha value is -0.195. The predicted molar refractivity (Wildman–Crippen MR) is 41.5 cm³/mol. The summed E-state index contributed by atoms with van der Waals surface area (Å²) in [4.78, 5) is 0. The maximum Gasteiger partial charge on any atom is 0.107 e. The number of rotatable bonds is 1. The van der Waals surface area contributed by atoms with Gasteiger partial charge in [-0.3, -0.25) is 0 Å². The highest BCUT2D eigenvalue weighted by molar-refractivity contribution is 6.21. The standard InChI is InChI=1S/C8H13B/c1-2-7-3-5-8(9)6-4-7/h5,7H,2-4,6H2,1H3. The third-order valence-corrected chi connectivity index (χ3v) is 2.13. The van der Waals surface area contributed by atoms with Crippen molar-refractivity contribution in [1.82, 2.24) is 0 Å². The van der Waals surface area contributed by atoms with Crippen LogP contribution in [0.3, 0.4) is 0 Å². The highest BCUT2D eigenvalue weighted by Crippen LogP contribution is 2.23. The zero-order valence-electron chi connectivity index (χ0n) is 6.06. The molecule has 0 aromatic carbocycles. The molecule has 1 rings (SSSR count). The van der Waals surface area contributed by atoms with Crippen LogP contribution in [0.1, 0.15) is 32.6 Å². The normalized spacial score (nSPS) is 27.7. The van der Waals surface area contributed by atoms with Gasteiger partial charge in [0.05, 0.1) is 0 Å². The Balaban J connectivity index is 2.36. The number of hydrogen-bond acceptors (Lipinski definition) is 0. The van der Waals surface area contributed by atoms with Gasteiger partial charge < -0.3 is 0 Å². The van der Waals surface area contributed by atoms with Crippen LogP contribution in [-0.4, -0.2) is 7.85 Å². The molecule has 0 aliphatic heterocycles. The van der Waals surface area contributed by atoms with Crippen LogP contribution in [0.5, 0.6) is 0 Å². The van der Waals surface area contributed by atoms with Crippen LogP contribution in [-0.2, 0) is 0 Å². The quantitative estimate of drug-likeness (QED) is 0.465. The van der Waals surface area contributed by atoms with Crippen molar-refractivity contribution in [3.05, 3.63) is 11.5 Å². The minimum Gasteiger partial charge on any atom is -0.122 e. The average Bonchev–Trinajstić information content (AvgIpc) is 1.90. The van der Waals surface area contributed by atoms with E-state index in [1.165, 1.54) is 19.3 Å². The van der Waals surface area contributed by atoms with Crippen LogP contribution < -0.4 is 0 Å². The summed E-state index contributed by atoms with van der Waals surface area (Å²) >= 11 is 0. The second-order valence-electron chi connectivity index (χ2n) is 2.83. The van der Waals surface area contributed by atoms with E-state index in [1.807, 2.05) is 0 Å². The molecule has 0 N–H and O–H groups in total. The first-order valence-electron chi connectivity index (χ1n) is 3.77. The Bertz CT molecular complexity index is 116. The molecule has 0 saturated carbocycles. The van der Waals surface area contributed by atoms with E-state index in [9.17, 15) is 0 Å². The van der Waals surface area contributed by atoms with Crippen molar-refractivity contribution < 1.29 is 0 Å². The van der Waals surface area contributed by atoms with Gasteiger partial charge in [-0.25, -0.2) is 0 Å². The molecule has 48 valence electrons. The third kappa shape index (κ3) is 1.89. The van der Waals surface area contributed by atoms with Crippen LogP contribution in [0.25, 0.3) is 0 Å². The van der Waals surface area contributed by atoms with Gasteiger partial charge in [0.2, 0.25) is 0 Å². The largest absolute Gasteiger partial charge is 0.122 e. The molecule has 0 aromatic heterocycles. The molecule has 1 aliphatic rings. The summed E-state index contributed by atoms with van der Waals surface area (Å²) in [6.07, 6.45) is 7.13. The van der Waals surface area contributed by atoms with Crippen molar-refractivity contribution in [3.8, 4) is 0 Å². The average molecular weight is 120 g/mol. The van der Waals surface area contributed by atoms with Gasteiger partial charge in [0.1, 0.15) is 7.85 Å². The fraction of sp³-hybridized carbons (Fsp3) is 0.750. The highest BCUT2D eigenvalue weighted by Gasteiger charge is 2.08. The lowest BCUT2D eigenvalue weighted by molar-refractivity contribution is 0.462. The van der Waals surface area contributed by atoms with Gasteiger partial charge in [0.25, 0.3) is 0 Å². The summed E-state index contributed by atoms with van der Waals surface area (Å²) in [6, 6.07) is 0. The van der Waals surface area contributed by atoms with E-state index in [2.05, 4.69) is 13.0 Å². The monoisotopic (exact) mass is 120 g/mol. The molecule has 1 aliphatic carbocycles. The summed E-state index contributed by atoms with van der Waals surface area (Å²) < 4.78 is 0. The molecule has 0 spiro atoms. The Morgan fingerprint density at radius 2 is 2.56 bits per heavy atom. The highest BCUT2D eigenvalue weighted by atomic mass is 14.1. The SMILES string of the molecule is [B]C1=CCC(CC)CC1. The van der Waals surface area contributed by atoms with Gasteiger partial charge in [0, 0.05) is 0 Å². The first kappa shape index (κ1) is 6.92. The predicted octanol–water partition coefficient (Wildman–Crippen LogP) is 2.25. The van der Waals surface area contributed by atoms with Crippen molar-refractivity contribution in [2.45, 2.75) is 32.6 Å². The van der Waals surface area contributed by atoms with E-state index in [-0.39, 0.29) is 0 Å². The van der Waals surface area contributed by atoms with Gasteiger partial charge in [0.15, 0.2) is 0 Å². The first-order valence-corrected chi connectivity index (χ1v) is 3.77. The molecule has 1 atom stereocenters. The second-order valence-corrected chi connectivity index (χ2v) is 2.83. The van der Waals surface area contributed by atoms with E-state index in [1.54, 1.807) is 0 Å². The van der Waals surface area contributed by atoms with Gasteiger partial charge in [-0.2, -0.15) is 0 Å². The minimum absolute atomic E-state index is 0.914. The van der Waals surface area contributed by atoms with E-state index in [0.29, 0.717) is 0 Å². The molecular weight excluding hydrogens is 107 g/mol. The second kappa shape index (κ2) is 3.10. The van der Waals surface area contributed by atoms with Crippen molar-refractivity contribution >= 4 is 7.85 Å². The van der Waals surface area contributed by atoms with Crippen molar-refractivity contribution in [1.29, 1.82) is 0 Å². The molecule has 0 amide bonds. The lowest BCUT2D eigenvalue weighted by Crippen LogP contribution is -2.03. The molecule has 0 nitrogen and oxygen atoms in total. The minimum atomic E-state index is 0.914. The van der Waals surface area contributed by atoms with E-state index >= 15 is 0 Å². The number of hydrogen-bond donors (Lipinski definition) is 0. The molecule has 0 aromatic rings. The van der Waals surface area contributed by atoms with Gasteiger partial charge in [-0.05, 0) is 25.2 Å². The third-order valence-electron chi connectivity index (χ3n) is 2.13. The van der Waals surface area contributed by atoms with E-state index in [4.69, 9.17) is 7.85 Å². The van der Waals surface area contributed by atoms with Crippen molar-refractivity contribution in [3.63, 3.8) is 0 Å². The summed E-state index contributed by atoms with van der Waals surface area (Å²) in [5.74, 6) is 0.914. The van der Waals surface area contributed by atoms with E-state index in [0.717, 1.165) is 17.8 Å². The van der Waals surface area contributed by atoms with E-state index < -0.39 is 0 Å². The van der Waals surface area contributed by atoms with Crippen LogP contribution in [0.15, 0.2) is 11.5 Å². The van der Waals surface area contributed by atoms with Crippen molar-refractivity contribution in [2.24, 2.45) is 5.92 Å². The Morgan fingerprint density at radius 1 is 1.78 bits per heavy atom. The van der Waals surface area contributed by atoms with Gasteiger partial charge in [-0.15, -0.1) is 5.47 Å². The molecule has 0 bridgehead atoms. The molecule has 2 radical (unpaired) electrons.